The number of carbonyl (C=O) groups excluding carboxylic acids is 1. The molecule has 30 heavy (non-hydrogen) atoms. The molecule has 2 aliphatic heterocycles. The molecule has 0 saturated carbocycles. The zero-order chi connectivity index (χ0) is 20.3. The second-order valence-electron chi connectivity index (χ2n) is 7.65. The lowest BCUT2D eigenvalue weighted by atomic mass is 9.99. The first-order chi connectivity index (χ1) is 14.8. The molecule has 5 nitrogen and oxygen atoms in total. The Kier molecular flexibility index (Phi) is 5.82. The average Bonchev–Trinajstić information content (AvgIpc) is 3.09. The number of carbonyl (C=O) groups is 1. The molecule has 3 aromatic rings. The number of piperidine rings is 1. The topological polar surface area (TPSA) is 51.7 Å². The summed E-state index contributed by atoms with van der Waals surface area (Å²) in [4.78, 5) is 20.8. The van der Waals surface area contributed by atoms with E-state index in [9.17, 15) is 4.79 Å². The van der Waals surface area contributed by atoms with E-state index in [-0.39, 0.29) is 5.91 Å². The zero-order valence-electron chi connectivity index (χ0n) is 16.7. The molecule has 1 unspecified atom stereocenters. The number of benzene rings is 2. The lowest BCUT2D eigenvalue weighted by molar-refractivity contribution is -0.129. The number of para-hydroxylation sites is 1. The Hall–Kier alpha value is -2.25. The van der Waals surface area contributed by atoms with Crippen LogP contribution in [0.4, 0.5) is 0 Å². The maximum Gasteiger partial charge on any atom is 0.232 e. The summed E-state index contributed by atoms with van der Waals surface area (Å²) in [5.74, 6) is 2.53. The van der Waals surface area contributed by atoms with Gasteiger partial charge in [0.05, 0.1) is 34.2 Å². The molecular weight excluding hydrogens is 416 g/mol. The van der Waals surface area contributed by atoms with Crippen molar-refractivity contribution < 1.29 is 14.3 Å². The molecule has 5 rings (SSSR count). The third kappa shape index (κ3) is 4.27. The number of fused-ring (bicyclic) bond motifs is 2. The molecule has 3 heterocycles. The van der Waals surface area contributed by atoms with Gasteiger partial charge in [-0.2, -0.15) is 0 Å². The molecule has 1 aromatic heterocycles. The molecule has 0 aliphatic carbocycles. The fraction of sp³-hybridized carbons (Fsp3) is 0.391. The Balaban J connectivity index is 1.21. The van der Waals surface area contributed by atoms with Gasteiger partial charge in [-0.25, -0.2) is 4.98 Å². The predicted molar refractivity (Wildman–Crippen MR) is 121 cm³/mol. The molecule has 1 amide bonds. The predicted octanol–water partition coefficient (Wildman–Crippen LogP) is 4.96. The average molecular weight is 441 g/mol. The number of likely N-dealkylation sites (tertiary alicyclic amines) is 1. The van der Waals surface area contributed by atoms with Crippen molar-refractivity contribution in [3.8, 4) is 11.5 Å². The molecule has 0 radical (unpaired) electrons. The van der Waals surface area contributed by atoms with Gasteiger partial charge in [-0.05, 0) is 43.2 Å². The third-order valence-electron chi connectivity index (χ3n) is 5.52. The number of rotatable bonds is 4. The van der Waals surface area contributed by atoms with Gasteiger partial charge >= 0.3 is 0 Å². The van der Waals surface area contributed by atoms with Crippen molar-refractivity contribution in [2.75, 3.05) is 32.1 Å². The van der Waals surface area contributed by atoms with Crippen LogP contribution in [0, 0.1) is 0 Å². The first-order valence-corrected chi connectivity index (χ1v) is 12.2. The minimum absolute atomic E-state index is 0.193. The second kappa shape index (κ2) is 8.86. The fourth-order valence-electron chi connectivity index (χ4n) is 3.94. The van der Waals surface area contributed by atoms with Crippen molar-refractivity contribution in [2.24, 2.45) is 0 Å². The van der Waals surface area contributed by atoms with Gasteiger partial charge in [-0.1, -0.05) is 12.1 Å². The van der Waals surface area contributed by atoms with Crippen LogP contribution < -0.4 is 9.47 Å². The molecule has 2 aromatic carbocycles. The van der Waals surface area contributed by atoms with Crippen molar-refractivity contribution in [3.63, 3.8) is 0 Å². The highest BCUT2D eigenvalue weighted by Gasteiger charge is 2.27. The highest BCUT2D eigenvalue weighted by atomic mass is 32.2. The first kappa shape index (κ1) is 19.7. The van der Waals surface area contributed by atoms with Crippen LogP contribution in [-0.2, 0) is 4.79 Å². The van der Waals surface area contributed by atoms with E-state index in [2.05, 4.69) is 18.2 Å². The van der Waals surface area contributed by atoms with Crippen LogP contribution in [-0.4, -0.2) is 47.8 Å². The van der Waals surface area contributed by atoms with Crippen LogP contribution in [0.2, 0.25) is 0 Å². The minimum atomic E-state index is 0.193. The number of amides is 1. The van der Waals surface area contributed by atoms with Gasteiger partial charge in [0.2, 0.25) is 5.91 Å². The second-order valence-corrected chi connectivity index (χ2v) is 9.76. The smallest absolute Gasteiger partial charge is 0.232 e. The molecule has 156 valence electrons. The fourth-order valence-corrected chi connectivity index (χ4v) is 5.86. The number of hydrogen-bond acceptors (Lipinski definition) is 6. The van der Waals surface area contributed by atoms with Crippen molar-refractivity contribution in [1.82, 2.24) is 9.88 Å². The van der Waals surface area contributed by atoms with Gasteiger partial charge in [-0.15, -0.1) is 23.1 Å². The van der Waals surface area contributed by atoms with Gasteiger partial charge in [0.25, 0.3) is 0 Å². The van der Waals surface area contributed by atoms with E-state index in [0.717, 1.165) is 59.3 Å². The van der Waals surface area contributed by atoms with Gasteiger partial charge in [0.15, 0.2) is 11.5 Å². The van der Waals surface area contributed by atoms with E-state index in [1.807, 2.05) is 29.2 Å². The standard InChI is InChI=1S/C23H24N2O3S2/c26-22(15-29-17-8-9-19-20(13-17)28-12-4-11-27-19)25-10-3-5-16(14-25)23-24-18-6-1-2-7-21(18)30-23/h1-2,6-9,13,16H,3-5,10-12,14-15H2. The number of hydrogen-bond donors (Lipinski definition) is 0. The Morgan fingerprint density at radius 3 is 2.90 bits per heavy atom. The number of aromatic nitrogens is 1. The van der Waals surface area contributed by atoms with E-state index < -0.39 is 0 Å². The molecule has 2 aliphatic rings. The number of nitrogens with zero attached hydrogens (tertiary/aromatic N) is 2. The molecular formula is C23H24N2O3S2. The van der Waals surface area contributed by atoms with Crippen LogP contribution in [0.3, 0.4) is 0 Å². The summed E-state index contributed by atoms with van der Waals surface area (Å²) < 4.78 is 12.7. The van der Waals surface area contributed by atoms with Gasteiger partial charge in [0.1, 0.15) is 0 Å². The van der Waals surface area contributed by atoms with Crippen LogP contribution in [0.15, 0.2) is 47.4 Å². The van der Waals surface area contributed by atoms with Gasteiger partial charge in [0, 0.05) is 30.3 Å². The van der Waals surface area contributed by atoms with Crippen LogP contribution in [0.25, 0.3) is 10.2 Å². The summed E-state index contributed by atoms with van der Waals surface area (Å²) >= 11 is 3.33. The normalized spacial score (nSPS) is 18.9. The summed E-state index contributed by atoms with van der Waals surface area (Å²) in [6.45, 7) is 2.95. The van der Waals surface area contributed by atoms with Crippen molar-refractivity contribution >= 4 is 39.2 Å². The third-order valence-corrected chi connectivity index (χ3v) is 7.69. The molecule has 7 heteroatoms. The zero-order valence-corrected chi connectivity index (χ0v) is 18.3. The molecule has 1 fully saturated rings. The highest BCUT2D eigenvalue weighted by Crippen LogP contribution is 2.35. The Morgan fingerprint density at radius 2 is 2.00 bits per heavy atom. The maximum atomic E-state index is 12.9. The first-order valence-electron chi connectivity index (χ1n) is 10.4. The van der Waals surface area contributed by atoms with Crippen LogP contribution in [0.1, 0.15) is 30.2 Å². The van der Waals surface area contributed by atoms with E-state index in [4.69, 9.17) is 14.5 Å². The van der Waals surface area contributed by atoms with E-state index >= 15 is 0 Å². The summed E-state index contributed by atoms with van der Waals surface area (Å²) in [6.07, 6.45) is 3.01. The van der Waals surface area contributed by atoms with E-state index in [1.54, 1.807) is 23.1 Å². The lowest BCUT2D eigenvalue weighted by Gasteiger charge is -2.31. The lowest BCUT2D eigenvalue weighted by Crippen LogP contribution is -2.40. The molecule has 1 saturated heterocycles. The number of thioether (sulfide) groups is 1. The van der Waals surface area contributed by atoms with Crippen LogP contribution >= 0.6 is 23.1 Å². The molecule has 0 N–H and O–H groups in total. The quantitative estimate of drug-likeness (QED) is 0.537. The van der Waals surface area contributed by atoms with E-state index in [0.29, 0.717) is 24.9 Å². The summed E-state index contributed by atoms with van der Waals surface area (Å²) in [7, 11) is 0. The summed E-state index contributed by atoms with van der Waals surface area (Å²) in [5.41, 5.74) is 1.06. The monoisotopic (exact) mass is 440 g/mol. The largest absolute Gasteiger partial charge is 0.490 e. The van der Waals surface area contributed by atoms with E-state index in [1.165, 1.54) is 4.70 Å². The number of ether oxygens (including phenoxy) is 2. The summed E-state index contributed by atoms with van der Waals surface area (Å²) in [6, 6.07) is 14.2. The highest BCUT2D eigenvalue weighted by molar-refractivity contribution is 8.00. The Morgan fingerprint density at radius 1 is 1.13 bits per heavy atom. The Labute approximate surface area is 184 Å². The number of thiazole rings is 1. The molecule has 0 bridgehead atoms. The van der Waals surface area contributed by atoms with Crippen LogP contribution in [0.5, 0.6) is 11.5 Å². The van der Waals surface area contributed by atoms with Gasteiger partial charge < -0.3 is 14.4 Å². The Bertz CT molecular complexity index is 1020. The van der Waals surface area contributed by atoms with Crippen molar-refractivity contribution in [3.05, 3.63) is 47.5 Å². The summed E-state index contributed by atoms with van der Waals surface area (Å²) in [5, 5.41) is 1.16. The minimum Gasteiger partial charge on any atom is -0.490 e. The van der Waals surface area contributed by atoms with Gasteiger partial charge in [-0.3, -0.25) is 4.79 Å². The van der Waals surface area contributed by atoms with Crippen molar-refractivity contribution in [1.29, 1.82) is 0 Å². The molecule has 0 spiro atoms. The van der Waals surface area contributed by atoms with Crippen molar-refractivity contribution in [2.45, 2.75) is 30.1 Å². The molecule has 1 atom stereocenters. The SMILES string of the molecule is O=C(CSc1ccc2c(c1)OCCCO2)N1CCCC(c2nc3ccccc3s2)C1. The maximum absolute atomic E-state index is 12.9.